The van der Waals surface area contributed by atoms with E-state index in [2.05, 4.69) is 0 Å². The zero-order valence-corrected chi connectivity index (χ0v) is 12.7. The first kappa shape index (κ1) is 14.3. The van der Waals surface area contributed by atoms with Crippen molar-refractivity contribution >= 4 is 33.7 Å². The van der Waals surface area contributed by atoms with Gasteiger partial charge in [-0.05, 0) is 26.2 Å². The van der Waals surface area contributed by atoms with Crippen molar-refractivity contribution in [1.29, 1.82) is 0 Å². The average Bonchev–Trinajstić information content (AvgIpc) is 3.09. The van der Waals surface area contributed by atoms with Crippen molar-refractivity contribution < 1.29 is 14.7 Å². The number of hydrogen-bond acceptors (Lipinski definition) is 6. The Morgan fingerprint density at radius 1 is 1.43 bits per heavy atom. The minimum absolute atomic E-state index is 0.0113. The Balaban J connectivity index is 2.01. The molecule has 2 heterocycles. The molecule has 114 valence electrons. The number of ketones is 1. The summed E-state index contributed by atoms with van der Waals surface area (Å²) in [6.07, 6.45) is 2.38. The standard InChI is InChI=1S/C14H19N3O3S/c1-14(20)4-5-17(6-14)13-8(12(16)19)9(15)11(21-13)10(18)7-2-3-7/h7,20H,2-6,15H2,1H3,(H2,16,19). The van der Waals surface area contributed by atoms with E-state index in [0.29, 0.717) is 29.4 Å². The van der Waals surface area contributed by atoms with E-state index in [1.807, 2.05) is 4.90 Å². The predicted octanol–water partition coefficient (Wildman–Crippen LogP) is 0.983. The van der Waals surface area contributed by atoms with Gasteiger partial charge >= 0.3 is 0 Å². The Morgan fingerprint density at radius 2 is 2.10 bits per heavy atom. The van der Waals surface area contributed by atoms with E-state index >= 15 is 0 Å². The van der Waals surface area contributed by atoms with Gasteiger partial charge < -0.3 is 21.5 Å². The summed E-state index contributed by atoms with van der Waals surface area (Å²) < 4.78 is 0. The molecule has 1 amide bonds. The molecule has 0 bridgehead atoms. The number of thiophene rings is 1. The minimum atomic E-state index is -0.797. The van der Waals surface area contributed by atoms with Crippen molar-refractivity contribution in [3.8, 4) is 0 Å². The van der Waals surface area contributed by atoms with E-state index < -0.39 is 11.5 Å². The van der Waals surface area contributed by atoms with Crippen molar-refractivity contribution in [2.75, 3.05) is 23.7 Å². The zero-order chi connectivity index (χ0) is 15.4. The molecule has 3 rings (SSSR count). The van der Waals surface area contributed by atoms with Crippen molar-refractivity contribution in [3.05, 3.63) is 10.4 Å². The molecular weight excluding hydrogens is 290 g/mol. The number of nitrogens with zero attached hydrogens (tertiary/aromatic N) is 1. The highest BCUT2D eigenvalue weighted by Gasteiger charge is 2.38. The maximum absolute atomic E-state index is 12.3. The van der Waals surface area contributed by atoms with Crippen LogP contribution in [0.25, 0.3) is 0 Å². The highest BCUT2D eigenvalue weighted by molar-refractivity contribution is 7.19. The molecule has 21 heavy (non-hydrogen) atoms. The summed E-state index contributed by atoms with van der Waals surface area (Å²) in [5.41, 5.74) is 11.1. The quantitative estimate of drug-likeness (QED) is 0.718. The molecule has 2 aliphatic rings. The maximum Gasteiger partial charge on any atom is 0.253 e. The molecule has 0 radical (unpaired) electrons. The molecule has 1 aromatic heterocycles. The largest absolute Gasteiger partial charge is 0.397 e. The van der Waals surface area contributed by atoms with E-state index in [1.54, 1.807) is 6.92 Å². The summed E-state index contributed by atoms with van der Waals surface area (Å²) >= 11 is 1.23. The lowest BCUT2D eigenvalue weighted by molar-refractivity contribution is 0.0838. The highest BCUT2D eigenvalue weighted by Crippen LogP contribution is 2.44. The van der Waals surface area contributed by atoms with E-state index in [4.69, 9.17) is 11.5 Å². The fourth-order valence-electron chi connectivity index (χ4n) is 2.72. The smallest absolute Gasteiger partial charge is 0.253 e. The molecule has 2 fully saturated rings. The van der Waals surface area contributed by atoms with Crippen LogP contribution in [0.1, 0.15) is 46.2 Å². The third-order valence-corrected chi connectivity index (χ3v) is 5.36. The second-order valence-corrected chi connectivity index (χ2v) is 7.20. The van der Waals surface area contributed by atoms with Gasteiger partial charge in [0.1, 0.15) is 5.00 Å². The number of carbonyl (C=O) groups excluding carboxylic acids is 2. The van der Waals surface area contributed by atoms with Crippen LogP contribution in [0, 0.1) is 5.92 Å². The Hall–Kier alpha value is -1.60. The molecule has 1 unspecified atom stereocenters. The Bertz CT molecular complexity index is 619. The van der Waals surface area contributed by atoms with Gasteiger partial charge in [-0.1, -0.05) is 0 Å². The van der Waals surface area contributed by atoms with Gasteiger partial charge in [-0.15, -0.1) is 11.3 Å². The number of primary amides is 1. The molecule has 7 heteroatoms. The number of nitrogens with two attached hydrogens (primary N) is 2. The molecule has 0 spiro atoms. The topological polar surface area (TPSA) is 110 Å². The van der Waals surface area contributed by atoms with Crippen LogP contribution in [0.3, 0.4) is 0 Å². The lowest BCUT2D eigenvalue weighted by Crippen LogP contribution is -2.30. The Kier molecular flexibility index (Phi) is 3.22. The molecule has 1 aliphatic carbocycles. The van der Waals surface area contributed by atoms with E-state index in [-0.39, 0.29) is 23.0 Å². The van der Waals surface area contributed by atoms with Crippen molar-refractivity contribution in [2.24, 2.45) is 11.7 Å². The van der Waals surface area contributed by atoms with Crippen LogP contribution in [0.4, 0.5) is 10.7 Å². The van der Waals surface area contributed by atoms with Gasteiger partial charge in [0.05, 0.1) is 21.7 Å². The first-order valence-electron chi connectivity index (χ1n) is 7.04. The first-order chi connectivity index (χ1) is 9.80. The number of nitrogen functional groups attached to an aromatic ring is 1. The lowest BCUT2D eigenvalue weighted by atomic mass is 10.1. The molecule has 5 N–H and O–H groups in total. The first-order valence-corrected chi connectivity index (χ1v) is 7.85. The van der Waals surface area contributed by atoms with Gasteiger partial charge in [-0.2, -0.15) is 0 Å². The average molecular weight is 309 g/mol. The number of β-amino-alcohol motifs (C(OH)–C–C–N with tert-alkyl or cyclic N) is 1. The number of amides is 1. The number of rotatable bonds is 4. The number of anilines is 2. The summed E-state index contributed by atoms with van der Waals surface area (Å²) in [6.45, 7) is 2.78. The van der Waals surface area contributed by atoms with Crippen LogP contribution in [0.15, 0.2) is 0 Å². The molecule has 1 saturated heterocycles. The lowest BCUT2D eigenvalue weighted by Gasteiger charge is -2.20. The number of aliphatic hydroxyl groups is 1. The molecule has 0 aromatic carbocycles. The van der Waals surface area contributed by atoms with Crippen LogP contribution < -0.4 is 16.4 Å². The molecule has 1 saturated carbocycles. The summed E-state index contributed by atoms with van der Waals surface area (Å²) in [7, 11) is 0. The zero-order valence-electron chi connectivity index (χ0n) is 11.9. The predicted molar refractivity (Wildman–Crippen MR) is 81.8 cm³/mol. The summed E-state index contributed by atoms with van der Waals surface area (Å²) in [5, 5.41) is 10.7. The number of hydrogen-bond donors (Lipinski definition) is 3. The summed E-state index contributed by atoms with van der Waals surface area (Å²) in [4.78, 5) is 26.3. The molecule has 1 aliphatic heterocycles. The summed E-state index contributed by atoms with van der Waals surface area (Å²) in [5.74, 6) is -0.571. The van der Waals surface area contributed by atoms with Gasteiger partial charge in [0.15, 0.2) is 5.78 Å². The van der Waals surface area contributed by atoms with Gasteiger partial charge in [0, 0.05) is 19.0 Å². The van der Waals surface area contributed by atoms with Crippen LogP contribution in [-0.2, 0) is 0 Å². The van der Waals surface area contributed by atoms with Gasteiger partial charge in [0.25, 0.3) is 5.91 Å². The Labute approximate surface area is 126 Å². The maximum atomic E-state index is 12.3. The normalized spacial score (nSPS) is 25.3. The summed E-state index contributed by atoms with van der Waals surface area (Å²) in [6, 6.07) is 0. The van der Waals surface area contributed by atoms with Gasteiger partial charge in [-0.25, -0.2) is 0 Å². The van der Waals surface area contributed by atoms with Crippen LogP contribution >= 0.6 is 11.3 Å². The number of carbonyl (C=O) groups is 2. The third kappa shape index (κ3) is 2.51. The van der Waals surface area contributed by atoms with E-state index in [1.165, 1.54) is 11.3 Å². The van der Waals surface area contributed by atoms with Crippen molar-refractivity contribution in [3.63, 3.8) is 0 Å². The van der Waals surface area contributed by atoms with Crippen molar-refractivity contribution in [2.45, 2.75) is 31.8 Å². The highest BCUT2D eigenvalue weighted by atomic mass is 32.1. The van der Waals surface area contributed by atoms with Gasteiger partial charge in [-0.3, -0.25) is 9.59 Å². The minimum Gasteiger partial charge on any atom is -0.397 e. The monoisotopic (exact) mass is 309 g/mol. The van der Waals surface area contributed by atoms with Gasteiger partial charge in [0.2, 0.25) is 0 Å². The van der Waals surface area contributed by atoms with Crippen LogP contribution in [-0.4, -0.2) is 35.5 Å². The van der Waals surface area contributed by atoms with Crippen LogP contribution in [0.2, 0.25) is 0 Å². The fraction of sp³-hybridized carbons (Fsp3) is 0.571. The molecule has 6 nitrogen and oxygen atoms in total. The fourth-order valence-corrected chi connectivity index (χ4v) is 3.99. The second-order valence-electron chi connectivity index (χ2n) is 6.20. The Morgan fingerprint density at radius 3 is 2.57 bits per heavy atom. The third-order valence-electron chi connectivity index (χ3n) is 4.08. The molecular formula is C14H19N3O3S. The van der Waals surface area contributed by atoms with Crippen LogP contribution in [0.5, 0.6) is 0 Å². The molecule has 1 aromatic rings. The van der Waals surface area contributed by atoms with E-state index in [0.717, 1.165) is 12.8 Å². The number of Topliss-reactive ketones (excluding diaryl/α,β-unsaturated/α-hetero) is 1. The SMILES string of the molecule is CC1(O)CCN(c2sc(C(=O)C3CC3)c(N)c2C(N)=O)C1. The molecule has 1 atom stereocenters. The van der Waals surface area contributed by atoms with Crippen molar-refractivity contribution in [1.82, 2.24) is 0 Å². The van der Waals surface area contributed by atoms with E-state index in [9.17, 15) is 14.7 Å². The second kappa shape index (κ2) is 4.71.